The van der Waals surface area contributed by atoms with Crippen molar-refractivity contribution in [2.75, 3.05) is 43.7 Å². The van der Waals surface area contributed by atoms with Gasteiger partial charge in [-0.25, -0.2) is 8.42 Å². The molecule has 0 radical (unpaired) electrons. The zero-order valence-electron chi connectivity index (χ0n) is 18.4. The number of sulfone groups is 1. The number of fused-ring (bicyclic) bond motifs is 1. The Bertz CT molecular complexity index is 1140. The maximum absolute atomic E-state index is 13.2. The predicted molar refractivity (Wildman–Crippen MR) is 125 cm³/mol. The molecule has 0 spiro atoms. The highest BCUT2D eigenvalue weighted by Crippen LogP contribution is 2.34. The van der Waals surface area contributed by atoms with Gasteiger partial charge in [0.25, 0.3) is 0 Å². The van der Waals surface area contributed by atoms with E-state index in [0.717, 1.165) is 11.1 Å². The SMILES string of the molecule is COc1ccc(CCN2CC(=O)N(c3ccc(C)c(Cl)c3)[C@@H]3CS(=O)(=O)C[C@@H]32)cc1OC. The van der Waals surface area contributed by atoms with Crippen molar-refractivity contribution in [3.05, 3.63) is 52.5 Å². The van der Waals surface area contributed by atoms with Crippen LogP contribution in [-0.2, 0) is 21.1 Å². The van der Waals surface area contributed by atoms with Gasteiger partial charge >= 0.3 is 0 Å². The van der Waals surface area contributed by atoms with Crippen molar-refractivity contribution in [1.82, 2.24) is 4.90 Å². The molecular weight excluding hydrogens is 452 g/mol. The lowest BCUT2D eigenvalue weighted by molar-refractivity contribution is -0.123. The highest BCUT2D eigenvalue weighted by molar-refractivity contribution is 7.91. The monoisotopic (exact) mass is 478 g/mol. The van der Waals surface area contributed by atoms with Crippen LogP contribution in [-0.4, -0.2) is 70.1 Å². The number of amides is 1. The van der Waals surface area contributed by atoms with Crippen LogP contribution >= 0.6 is 11.6 Å². The molecule has 1 amide bonds. The minimum absolute atomic E-state index is 0.0399. The molecule has 0 N–H and O–H groups in total. The van der Waals surface area contributed by atoms with E-state index < -0.39 is 15.9 Å². The molecule has 0 unspecified atom stereocenters. The van der Waals surface area contributed by atoms with E-state index in [1.807, 2.05) is 42.2 Å². The Kier molecular flexibility index (Phi) is 6.38. The molecule has 0 aromatic heterocycles. The molecule has 2 aliphatic rings. The van der Waals surface area contributed by atoms with Gasteiger partial charge in [-0.3, -0.25) is 9.69 Å². The van der Waals surface area contributed by atoms with Crippen LogP contribution in [0, 0.1) is 6.92 Å². The molecule has 32 heavy (non-hydrogen) atoms. The van der Waals surface area contributed by atoms with Gasteiger partial charge < -0.3 is 14.4 Å². The highest BCUT2D eigenvalue weighted by Gasteiger charge is 2.49. The summed E-state index contributed by atoms with van der Waals surface area (Å²) in [5, 5.41) is 0.559. The second-order valence-corrected chi connectivity index (χ2v) is 10.9. The molecule has 7 nitrogen and oxygen atoms in total. The number of benzene rings is 2. The van der Waals surface area contributed by atoms with Crippen LogP contribution in [0.4, 0.5) is 5.69 Å². The lowest BCUT2D eigenvalue weighted by atomic mass is 10.0. The number of carbonyl (C=O) groups is 1. The summed E-state index contributed by atoms with van der Waals surface area (Å²) in [5.41, 5.74) is 2.59. The van der Waals surface area contributed by atoms with Gasteiger partial charge in [0, 0.05) is 23.3 Å². The maximum Gasteiger partial charge on any atom is 0.241 e. The van der Waals surface area contributed by atoms with Crippen LogP contribution in [0.25, 0.3) is 0 Å². The van der Waals surface area contributed by atoms with Gasteiger partial charge in [0.2, 0.25) is 5.91 Å². The zero-order chi connectivity index (χ0) is 23.0. The first-order chi connectivity index (χ1) is 15.2. The van der Waals surface area contributed by atoms with E-state index in [0.29, 0.717) is 35.2 Å². The van der Waals surface area contributed by atoms with E-state index in [4.69, 9.17) is 21.1 Å². The predicted octanol–water partition coefficient (Wildman–Crippen LogP) is 2.72. The van der Waals surface area contributed by atoms with E-state index in [1.165, 1.54) is 0 Å². The lowest BCUT2D eigenvalue weighted by Crippen LogP contribution is -2.62. The summed E-state index contributed by atoms with van der Waals surface area (Å²) in [7, 11) is -0.0761. The molecule has 2 aliphatic heterocycles. The molecule has 2 fully saturated rings. The van der Waals surface area contributed by atoms with Crippen molar-refractivity contribution < 1.29 is 22.7 Å². The first-order valence-electron chi connectivity index (χ1n) is 10.5. The number of halogens is 1. The Balaban J connectivity index is 1.57. The number of methoxy groups -OCH3 is 2. The quantitative estimate of drug-likeness (QED) is 0.635. The molecule has 2 atom stereocenters. The number of hydrogen-bond acceptors (Lipinski definition) is 6. The zero-order valence-corrected chi connectivity index (χ0v) is 19.9. The first kappa shape index (κ1) is 22.9. The van der Waals surface area contributed by atoms with Crippen LogP contribution in [0.1, 0.15) is 11.1 Å². The molecule has 2 aromatic rings. The molecule has 0 aliphatic carbocycles. The van der Waals surface area contributed by atoms with Gasteiger partial charge in [0.1, 0.15) is 0 Å². The standard InChI is InChI=1S/C23H27ClN2O5S/c1-15-4-6-17(11-18(15)24)26-20-14-32(28,29)13-19(20)25(12-23(26)27)9-8-16-5-7-21(30-2)22(10-16)31-3/h4-7,10-11,19-20H,8-9,12-14H2,1-3H3/t19-,20+/m0/s1. The maximum atomic E-state index is 13.2. The summed E-state index contributed by atoms with van der Waals surface area (Å²) in [4.78, 5) is 16.8. The van der Waals surface area contributed by atoms with Gasteiger partial charge in [-0.2, -0.15) is 0 Å². The minimum atomic E-state index is -3.25. The third-order valence-electron chi connectivity index (χ3n) is 6.27. The van der Waals surface area contributed by atoms with Crippen molar-refractivity contribution >= 4 is 33.0 Å². The van der Waals surface area contributed by atoms with Crippen molar-refractivity contribution in [3.63, 3.8) is 0 Å². The average molecular weight is 479 g/mol. The summed E-state index contributed by atoms with van der Waals surface area (Å²) in [6, 6.07) is 10.5. The molecule has 2 saturated heterocycles. The van der Waals surface area contributed by atoms with E-state index >= 15 is 0 Å². The lowest BCUT2D eigenvalue weighted by Gasteiger charge is -2.43. The third-order valence-corrected chi connectivity index (χ3v) is 8.38. The van der Waals surface area contributed by atoms with Gasteiger partial charge in [0.05, 0.1) is 38.3 Å². The summed E-state index contributed by atoms with van der Waals surface area (Å²) in [6.07, 6.45) is 0.660. The van der Waals surface area contributed by atoms with Crippen molar-refractivity contribution in [2.24, 2.45) is 0 Å². The van der Waals surface area contributed by atoms with Crippen LogP contribution in [0.15, 0.2) is 36.4 Å². The Morgan fingerprint density at radius 1 is 1.03 bits per heavy atom. The average Bonchev–Trinajstić information content (AvgIpc) is 3.08. The highest BCUT2D eigenvalue weighted by atomic mass is 35.5. The topological polar surface area (TPSA) is 76.2 Å². The largest absolute Gasteiger partial charge is 0.493 e. The number of aryl methyl sites for hydroxylation is 1. The number of carbonyl (C=O) groups excluding carboxylic acids is 1. The van der Waals surface area contributed by atoms with E-state index in [1.54, 1.807) is 25.2 Å². The smallest absolute Gasteiger partial charge is 0.241 e. The van der Waals surface area contributed by atoms with Crippen LogP contribution in [0.3, 0.4) is 0 Å². The molecule has 2 aromatic carbocycles. The summed E-state index contributed by atoms with van der Waals surface area (Å²) < 4.78 is 35.8. The Hall–Kier alpha value is -2.29. The molecule has 0 bridgehead atoms. The van der Waals surface area contributed by atoms with E-state index in [-0.39, 0.29) is 30.0 Å². The molecule has 0 saturated carbocycles. The van der Waals surface area contributed by atoms with Gasteiger partial charge in [-0.15, -0.1) is 0 Å². The Morgan fingerprint density at radius 2 is 1.75 bits per heavy atom. The molecule has 4 rings (SSSR count). The van der Waals surface area contributed by atoms with Crippen LogP contribution < -0.4 is 14.4 Å². The summed E-state index contributed by atoms with van der Waals surface area (Å²) >= 11 is 6.29. The Labute approximate surface area is 193 Å². The van der Waals surface area contributed by atoms with Crippen molar-refractivity contribution in [2.45, 2.75) is 25.4 Å². The molecule has 172 valence electrons. The van der Waals surface area contributed by atoms with Gasteiger partial charge in [0.15, 0.2) is 21.3 Å². The number of piperazine rings is 1. The second kappa shape index (κ2) is 8.92. The summed E-state index contributed by atoms with van der Waals surface area (Å²) in [6.45, 7) is 2.62. The van der Waals surface area contributed by atoms with E-state index in [2.05, 4.69) is 0 Å². The number of hydrogen-bond donors (Lipinski definition) is 0. The molecule has 9 heteroatoms. The minimum Gasteiger partial charge on any atom is -0.493 e. The normalized spacial score (nSPS) is 22.6. The number of ether oxygens (including phenoxy) is 2. The fourth-order valence-corrected chi connectivity index (χ4v) is 6.73. The van der Waals surface area contributed by atoms with Crippen molar-refractivity contribution in [1.29, 1.82) is 0 Å². The fourth-order valence-electron chi connectivity index (χ4n) is 4.58. The second-order valence-electron chi connectivity index (χ2n) is 8.32. The number of anilines is 1. The third kappa shape index (κ3) is 4.44. The van der Waals surface area contributed by atoms with Gasteiger partial charge in [-0.1, -0.05) is 23.7 Å². The summed E-state index contributed by atoms with van der Waals surface area (Å²) in [5.74, 6) is 1.19. The van der Waals surface area contributed by atoms with E-state index in [9.17, 15) is 13.2 Å². The van der Waals surface area contributed by atoms with Crippen molar-refractivity contribution in [3.8, 4) is 11.5 Å². The Morgan fingerprint density at radius 3 is 2.44 bits per heavy atom. The fraction of sp³-hybridized carbons (Fsp3) is 0.435. The van der Waals surface area contributed by atoms with Gasteiger partial charge in [-0.05, 0) is 48.7 Å². The van der Waals surface area contributed by atoms with Crippen LogP contribution in [0.2, 0.25) is 5.02 Å². The first-order valence-corrected chi connectivity index (χ1v) is 12.7. The molecule has 2 heterocycles. The molecular formula is C23H27ClN2O5S. The number of nitrogens with zero attached hydrogens (tertiary/aromatic N) is 2. The van der Waals surface area contributed by atoms with Crippen LogP contribution in [0.5, 0.6) is 11.5 Å². The number of rotatable bonds is 6.